The summed E-state index contributed by atoms with van der Waals surface area (Å²) in [6, 6.07) is 4.52. The highest BCUT2D eigenvalue weighted by Gasteiger charge is 2.22. The van der Waals surface area contributed by atoms with Crippen LogP contribution >= 0.6 is 11.6 Å². The van der Waals surface area contributed by atoms with Gasteiger partial charge in [-0.05, 0) is 25.5 Å². The average molecular weight is 411 g/mol. The van der Waals surface area contributed by atoms with Gasteiger partial charge in [0.15, 0.2) is 6.61 Å². The number of aryl methyl sites for hydroxylation is 2. The molecule has 0 aliphatic rings. The van der Waals surface area contributed by atoms with E-state index in [1.54, 1.807) is 6.92 Å². The molecule has 2 N–H and O–H groups in total. The summed E-state index contributed by atoms with van der Waals surface area (Å²) in [5, 5.41) is 8.43. The van der Waals surface area contributed by atoms with Crippen LogP contribution in [0.2, 0.25) is 5.15 Å². The number of hydrogen-bond donors (Lipinski definition) is 2. The maximum Gasteiger partial charge on any atom is 0.343 e. The number of benzene rings is 1. The van der Waals surface area contributed by atoms with Crippen molar-refractivity contribution in [3.05, 3.63) is 46.5 Å². The third-order valence-electron chi connectivity index (χ3n) is 3.70. The van der Waals surface area contributed by atoms with E-state index < -0.39 is 30.3 Å². The maximum atomic E-state index is 13.5. The SMILES string of the molecule is CCCCn1nc(C)c(C(=O)OCC(=O)NC(=O)Nc2ccccc2F)c1Cl. The van der Waals surface area contributed by atoms with Crippen LogP contribution in [-0.4, -0.2) is 34.3 Å². The Morgan fingerprint density at radius 1 is 1.29 bits per heavy atom. The number of nitrogens with zero attached hydrogens (tertiary/aromatic N) is 2. The number of carbonyl (C=O) groups excluding carboxylic acids is 3. The van der Waals surface area contributed by atoms with E-state index in [4.69, 9.17) is 16.3 Å². The maximum absolute atomic E-state index is 13.5. The molecule has 0 saturated carbocycles. The van der Waals surface area contributed by atoms with Crippen LogP contribution < -0.4 is 10.6 Å². The summed E-state index contributed by atoms with van der Waals surface area (Å²) in [4.78, 5) is 35.7. The number of hydrogen-bond acceptors (Lipinski definition) is 5. The van der Waals surface area contributed by atoms with Gasteiger partial charge in [0, 0.05) is 6.54 Å². The lowest BCUT2D eigenvalue weighted by Gasteiger charge is -2.08. The molecule has 150 valence electrons. The standard InChI is InChI=1S/C18H20ClFN4O4/c1-3-4-9-24-16(19)15(11(2)23-24)17(26)28-10-14(25)22-18(27)21-13-8-6-5-7-12(13)20/h5-8H,3-4,9-10H2,1-2H3,(H2,21,22,25,27). The molecule has 0 unspecified atom stereocenters. The molecule has 2 rings (SSSR count). The Bertz CT molecular complexity index is 884. The van der Waals surface area contributed by atoms with Gasteiger partial charge in [0.2, 0.25) is 0 Å². The summed E-state index contributed by atoms with van der Waals surface area (Å²) in [5.74, 6) is -2.36. The van der Waals surface area contributed by atoms with Crippen LogP contribution in [0.15, 0.2) is 24.3 Å². The number of unbranched alkanes of at least 4 members (excludes halogenated alkanes) is 1. The Kier molecular flexibility index (Phi) is 7.51. The van der Waals surface area contributed by atoms with Crippen LogP contribution in [0, 0.1) is 12.7 Å². The van der Waals surface area contributed by atoms with Crippen LogP contribution in [0.1, 0.15) is 35.8 Å². The fraction of sp³-hybridized carbons (Fsp3) is 0.333. The van der Waals surface area contributed by atoms with Gasteiger partial charge in [-0.25, -0.2) is 14.0 Å². The monoisotopic (exact) mass is 410 g/mol. The number of ether oxygens (including phenoxy) is 1. The number of para-hydroxylation sites is 1. The number of aromatic nitrogens is 2. The lowest BCUT2D eigenvalue weighted by Crippen LogP contribution is -2.37. The molecule has 8 nitrogen and oxygen atoms in total. The third-order valence-corrected chi connectivity index (χ3v) is 4.09. The number of rotatable bonds is 7. The molecule has 0 atom stereocenters. The summed E-state index contributed by atoms with van der Waals surface area (Å²) >= 11 is 6.16. The molecule has 0 spiro atoms. The quantitative estimate of drug-likeness (QED) is 0.682. The van der Waals surface area contributed by atoms with Crippen LogP contribution in [0.3, 0.4) is 0 Å². The van der Waals surface area contributed by atoms with Gasteiger partial charge in [0.05, 0.1) is 11.4 Å². The Labute approximate surface area is 166 Å². The summed E-state index contributed by atoms with van der Waals surface area (Å²) in [6.07, 6.45) is 1.78. The van der Waals surface area contributed by atoms with E-state index in [1.165, 1.54) is 22.9 Å². The predicted octanol–water partition coefficient (Wildman–Crippen LogP) is 3.29. The number of urea groups is 1. The van der Waals surface area contributed by atoms with Crippen molar-refractivity contribution >= 4 is 35.2 Å². The first-order chi connectivity index (χ1) is 13.3. The smallest absolute Gasteiger partial charge is 0.343 e. The van der Waals surface area contributed by atoms with Crippen molar-refractivity contribution in [3.63, 3.8) is 0 Å². The molecule has 0 aliphatic carbocycles. The molecule has 1 aromatic carbocycles. The van der Waals surface area contributed by atoms with E-state index in [9.17, 15) is 18.8 Å². The fourth-order valence-corrected chi connectivity index (χ4v) is 2.66. The zero-order valence-corrected chi connectivity index (χ0v) is 16.2. The van der Waals surface area contributed by atoms with Gasteiger partial charge in [-0.1, -0.05) is 37.1 Å². The first-order valence-electron chi connectivity index (χ1n) is 8.58. The van der Waals surface area contributed by atoms with Crippen LogP contribution in [0.5, 0.6) is 0 Å². The second-order valence-corrected chi connectivity index (χ2v) is 6.24. The fourth-order valence-electron chi connectivity index (χ4n) is 2.32. The predicted molar refractivity (Wildman–Crippen MR) is 101 cm³/mol. The van der Waals surface area contributed by atoms with Gasteiger partial charge < -0.3 is 10.1 Å². The van der Waals surface area contributed by atoms with Crippen molar-refractivity contribution in [2.75, 3.05) is 11.9 Å². The normalized spacial score (nSPS) is 10.4. The van der Waals surface area contributed by atoms with Crippen LogP contribution in [0.4, 0.5) is 14.9 Å². The molecule has 28 heavy (non-hydrogen) atoms. The summed E-state index contributed by atoms with van der Waals surface area (Å²) in [5.41, 5.74) is 0.358. The zero-order valence-electron chi connectivity index (χ0n) is 15.4. The van der Waals surface area contributed by atoms with E-state index in [1.807, 2.05) is 12.2 Å². The second-order valence-electron chi connectivity index (χ2n) is 5.89. The van der Waals surface area contributed by atoms with Gasteiger partial charge in [0.25, 0.3) is 5.91 Å². The van der Waals surface area contributed by atoms with Gasteiger partial charge in [0.1, 0.15) is 16.5 Å². The molecule has 1 heterocycles. The van der Waals surface area contributed by atoms with Gasteiger partial charge in [-0.2, -0.15) is 5.10 Å². The Morgan fingerprint density at radius 2 is 2.00 bits per heavy atom. The van der Waals surface area contributed by atoms with Crippen LogP contribution in [0.25, 0.3) is 0 Å². The topological polar surface area (TPSA) is 102 Å². The lowest BCUT2D eigenvalue weighted by atomic mass is 10.3. The third kappa shape index (κ3) is 5.53. The molecule has 0 radical (unpaired) electrons. The molecule has 2 aromatic rings. The van der Waals surface area contributed by atoms with E-state index in [0.29, 0.717) is 12.2 Å². The van der Waals surface area contributed by atoms with E-state index in [0.717, 1.165) is 18.9 Å². The zero-order chi connectivity index (χ0) is 20.7. The van der Waals surface area contributed by atoms with Gasteiger partial charge in [-0.15, -0.1) is 0 Å². The summed E-state index contributed by atoms with van der Waals surface area (Å²) in [7, 11) is 0. The highest BCUT2D eigenvalue weighted by molar-refractivity contribution is 6.32. The van der Waals surface area contributed by atoms with Crippen molar-refractivity contribution in [1.82, 2.24) is 15.1 Å². The van der Waals surface area contributed by atoms with Crippen molar-refractivity contribution in [2.45, 2.75) is 33.2 Å². The number of carbonyl (C=O) groups is 3. The largest absolute Gasteiger partial charge is 0.452 e. The van der Waals surface area contributed by atoms with Crippen molar-refractivity contribution in [3.8, 4) is 0 Å². The Balaban J connectivity index is 1.89. The molecule has 0 fully saturated rings. The van der Waals surface area contributed by atoms with E-state index in [-0.39, 0.29) is 16.4 Å². The van der Waals surface area contributed by atoms with Crippen molar-refractivity contribution in [2.24, 2.45) is 0 Å². The van der Waals surface area contributed by atoms with E-state index in [2.05, 4.69) is 10.4 Å². The molecule has 10 heteroatoms. The molecule has 3 amide bonds. The number of anilines is 1. The Hall–Kier alpha value is -2.94. The summed E-state index contributed by atoms with van der Waals surface area (Å²) in [6.45, 7) is 3.47. The van der Waals surface area contributed by atoms with E-state index >= 15 is 0 Å². The minimum atomic E-state index is -0.951. The highest BCUT2D eigenvalue weighted by Crippen LogP contribution is 2.21. The average Bonchev–Trinajstić information content (AvgIpc) is 2.93. The minimum absolute atomic E-state index is 0.0707. The van der Waals surface area contributed by atoms with Crippen LogP contribution in [-0.2, 0) is 16.1 Å². The second kappa shape index (κ2) is 9.84. The number of imide groups is 1. The lowest BCUT2D eigenvalue weighted by molar-refractivity contribution is -0.123. The molecule has 1 aromatic heterocycles. The minimum Gasteiger partial charge on any atom is -0.452 e. The summed E-state index contributed by atoms with van der Waals surface area (Å²) < 4.78 is 19.9. The molecule has 0 saturated heterocycles. The van der Waals surface area contributed by atoms with Crippen molar-refractivity contribution in [1.29, 1.82) is 0 Å². The van der Waals surface area contributed by atoms with Gasteiger partial charge >= 0.3 is 12.0 Å². The van der Waals surface area contributed by atoms with Crippen molar-refractivity contribution < 1.29 is 23.5 Å². The molecular weight excluding hydrogens is 391 g/mol. The molecule has 0 bridgehead atoms. The molecule has 0 aliphatic heterocycles. The van der Waals surface area contributed by atoms with Gasteiger partial charge in [-0.3, -0.25) is 14.8 Å². The Morgan fingerprint density at radius 3 is 2.68 bits per heavy atom. The molecular formula is C18H20ClFN4O4. The number of esters is 1. The number of nitrogens with one attached hydrogen (secondary N) is 2. The number of amides is 3. The number of halogens is 2. The first kappa shape index (κ1) is 21.4. The first-order valence-corrected chi connectivity index (χ1v) is 8.96. The highest BCUT2D eigenvalue weighted by atomic mass is 35.5.